The van der Waals surface area contributed by atoms with E-state index in [1.807, 2.05) is 0 Å². The second-order valence-corrected chi connectivity index (χ2v) is 7.03. The number of carbonyl (C=O) groups is 3. The number of hydrogen-bond donors (Lipinski definition) is 5. The van der Waals surface area contributed by atoms with Crippen LogP contribution >= 0.6 is 11.3 Å². The largest absolute Gasteiger partial charge is 0.547 e. The van der Waals surface area contributed by atoms with E-state index in [0.29, 0.717) is 5.56 Å². The third-order valence-electron chi connectivity index (χ3n) is 4.01. The molecule has 1 aromatic carbocycles. The number of hydrogen-bond acceptors (Lipinski definition) is 10. The van der Waals surface area contributed by atoms with Crippen molar-refractivity contribution < 1.29 is 34.0 Å². The summed E-state index contributed by atoms with van der Waals surface area (Å²) < 4.78 is 5.33. The van der Waals surface area contributed by atoms with E-state index in [1.54, 1.807) is 6.07 Å². The molecule has 3 rings (SSSR count). The molecular formula is C16H16BN5O7S. The maximum atomic E-state index is 12.8. The van der Waals surface area contributed by atoms with E-state index in [9.17, 15) is 24.5 Å². The molecule has 0 radical (unpaired) electrons. The molecule has 7 N–H and O–H groups in total. The molecule has 1 unspecified atom stereocenters. The maximum absolute atomic E-state index is 12.8. The number of oxime groups is 1. The summed E-state index contributed by atoms with van der Waals surface area (Å²) in [6.45, 7) is -0.559. The van der Waals surface area contributed by atoms with E-state index < -0.39 is 37.5 Å². The Kier molecular flexibility index (Phi) is 6.18. The van der Waals surface area contributed by atoms with E-state index in [4.69, 9.17) is 21.0 Å². The lowest BCUT2D eigenvalue weighted by atomic mass is 9.72. The van der Waals surface area contributed by atoms with E-state index in [0.717, 1.165) is 11.3 Å². The van der Waals surface area contributed by atoms with Crippen molar-refractivity contribution in [3.05, 3.63) is 40.4 Å². The van der Waals surface area contributed by atoms with Gasteiger partial charge in [-0.05, 0) is 18.1 Å². The Morgan fingerprint density at radius 3 is 2.83 bits per heavy atom. The van der Waals surface area contributed by atoms with Crippen molar-refractivity contribution >= 4 is 47.1 Å². The van der Waals surface area contributed by atoms with Gasteiger partial charge >= 0.3 is 13.1 Å². The van der Waals surface area contributed by atoms with Crippen molar-refractivity contribution in [1.82, 2.24) is 10.3 Å². The Labute approximate surface area is 173 Å². The Hall–Kier alpha value is -3.65. The zero-order chi connectivity index (χ0) is 21.8. The number of para-hydroxylation sites is 1. The quantitative estimate of drug-likeness (QED) is 0.201. The van der Waals surface area contributed by atoms with Crippen LogP contribution in [-0.4, -0.2) is 58.3 Å². The molecule has 1 aliphatic heterocycles. The van der Waals surface area contributed by atoms with Crippen molar-refractivity contribution in [3.8, 4) is 5.75 Å². The van der Waals surface area contributed by atoms with Crippen LogP contribution in [0, 0.1) is 0 Å². The van der Waals surface area contributed by atoms with Gasteiger partial charge in [-0.1, -0.05) is 17.3 Å². The number of aromatic carboxylic acids is 1. The first-order valence-electron chi connectivity index (χ1n) is 8.46. The van der Waals surface area contributed by atoms with Gasteiger partial charge in [0, 0.05) is 5.38 Å². The lowest BCUT2D eigenvalue weighted by Crippen LogP contribution is -2.54. The monoisotopic (exact) mass is 433 g/mol. The maximum Gasteiger partial charge on any atom is 0.547 e. The van der Waals surface area contributed by atoms with Gasteiger partial charge in [0.15, 0.2) is 17.5 Å². The van der Waals surface area contributed by atoms with Crippen LogP contribution in [0.2, 0.25) is 0 Å². The van der Waals surface area contributed by atoms with Gasteiger partial charge in [0.25, 0.3) is 11.8 Å². The molecule has 2 heterocycles. The number of carboxylic acid groups (broad SMARTS) is 1. The van der Waals surface area contributed by atoms with Crippen molar-refractivity contribution in [2.75, 3.05) is 12.3 Å². The van der Waals surface area contributed by atoms with Crippen LogP contribution in [0.3, 0.4) is 0 Å². The second-order valence-electron chi connectivity index (χ2n) is 6.14. The molecule has 0 fully saturated rings. The molecule has 14 heteroatoms. The van der Waals surface area contributed by atoms with Crippen LogP contribution in [0.1, 0.15) is 21.6 Å². The molecule has 30 heavy (non-hydrogen) atoms. The lowest BCUT2D eigenvalue weighted by molar-refractivity contribution is -0.122. The fourth-order valence-corrected chi connectivity index (χ4v) is 3.26. The smallest absolute Gasteiger partial charge is 0.534 e. The number of anilines is 1. The summed E-state index contributed by atoms with van der Waals surface area (Å²) in [4.78, 5) is 43.7. The summed E-state index contributed by atoms with van der Waals surface area (Å²) in [5.41, 5.74) is 10.8. The first kappa shape index (κ1) is 21.1. The molecule has 1 aliphatic rings. The molecule has 1 atom stereocenters. The van der Waals surface area contributed by atoms with Gasteiger partial charge in [-0.2, -0.15) is 0 Å². The average molecular weight is 433 g/mol. The van der Waals surface area contributed by atoms with E-state index in [2.05, 4.69) is 15.5 Å². The summed E-state index contributed by atoms with van der Waals surface area (Å²) in [7, 11) is -1.52. The second kappa shape index (κ2) is 8.79. The van der Waals surface area contributed by atoms with E-state index >= 15 is 0 Å². The number of carboxylic acids is 1. The highest BCUT2D eigenvalue weighted by Gasteiger charge is 2.38. The first-order chi connectivity index (χ1) is 14.3. The van der Waals surface area contributed by atoms with Crippen LogP contribution in [0.5, 0.6) is 5.75 Å². The van der Waals surface area contributed by atoms with Crippen LogP contribution in [-0.2, 0) is 20.8 Å². The lowest BCUT2D eigenvalue weighted by Gasteiger charge is -2.28. The van der Waals surface area contributed by atoms with E-state index in [-0.39, 0.29) is 34.3 Å². The third-order valence-corrected chi connectivity index (χ3v) is 4.68. The number of nitrogens with zero attached hydrogens (tertiary/aromatic N) is 2. The predicted octanol–water partition coefficient (Wildman–Crippen LogP) is -1.23. The minimum atomic E-state index is -1.52. The number of fused-ring (bicyclic) bond motifs is 1. The summed E-state index contributed by atoms with van der Waals surface area (Å²) in [5.74, 6) is -3.67. The van der Waals surface area contributed by atoms with Gasteiger partial charge in [0.1, 0.15) is 11.4 Å². The van der Waals surface area contributed by atoms with Crippen LogP contribution in [0.15, 0.2) is 28.7 Å². The van der Waals surface area contributed by atoms with Gasteiger partial charge in [-0.15, -0.1) is 11.3 Å². The molecule has 0 bridgehead atoms. The number of primary amides is 1. The highest BCUT2D eigenvalue weighted by atomic mass is 32.1. The standard InChI is InChI=1S/C16H16BN5O7S/c18-11(23)5-28-22-12(9-6-30-16(19)20-9)14(24)21-10-4-7-2-1-3-8(15(25)26)13(7)29-17(10)27/h1-3,6,10,27H,4-5H2,(H2,18,23)(H2,19,20)(H,21,24)(H,25,26). The fourth-order valence-electron chi connectivity index (χ4n) is 2.71. The summed E-state index contributed by atoms with van der Waals surface area (Å²) in [6.07, 6.45) is 0.0952. The van der Waals surface area contributed by atoms with Crippen molar-refractivity contribution in [3.63, 3.8) is 0 Å². The average Bonchev–Trinajstić information content (AvgIpc) is 3.10. The molecule has 0 saturated carbocycles. The van der Waals surface area contributed by atoms with Gasteiger partial charge in [0.2, 0.25) is 0 Å². The van der Waals surface area contributed by atoms with Crippen molar-refractivity contribution in [2.24, 2.45) is 10.9 Å². The number of thiazole rings is 1. The summed E-state index contributed by atoms with van der Waals surface area (Å²) >= 11 is 1.06. The number of nitrogen functional groups attached to an aromatic ring is 1. The van der Waals surface area contributed by atoms with Gasteiger partial charge in [-0.25, -0.2) is 9.78 Å². The topological polar surface area (TPSA) is 199 Å². The molecule has 12 nitrogen and oxygen atoms in total. The van der Waals surface area contributed by atoms with Crippen LogP contribution < -0.4 is 21.4 Å². The Morgan fingerprint density at radius 2 is 2.20 bits per heavy atom. The number of amides is 2. The highest BCUT2D eigenvalue weighted by molar-refractivity contribution is 7.13. The Morgan fingerprint density at radius 1 is 1.43 bits per heavy atom. The molecule has 2 aromatic rings. The van der Waals surface area contributed by atoms with E-state index in [1.165, 1.54) is 17.5 Å². The summed E-state index contributed by atoms with van der Waals surface area (Å²) in [6, 6.07) is 4.50. The molecule has 156 valence electrons. The number of aromatic nitrogens is 1. The van der Waals surface area contributed by atoms with Gasteiger partial charge in [0.05, 0.1) is 11.5 Å². The molecule has 2 amide bonds. The fraction of sp³-hybridized carbons (Fsp3) is 0.188. The highest BCUT2D eigenvalue weighted by Crippen LogP contribution is 2.30. The Bertz CT molecular complexity index is 1030. The minimum absolute atomic E-state index is 0.0361. The van der Waals surface area contributed by atoms with Crippen LogP contribution in [0.4, 0.5) is 5.13 Å². The SMILES string of the molecule is NC(=O)CON=C(C(=O)NC1Cc2cccc(C(=O)O)c2OB1O)c1csc(N)n1. The molecular weight excluding hydrogens is 417 g/mol. The first-order valence-corrected chi connectivity index (χ1v) is 9.34. The predicted molar refractivity (Wildman–Crippen MR) is 106 cm³/mol. The number of nitrogens with one attached hydrogen (secondary N) is 1. The number of nitrogens with two attached hydrogens (primary N) is 2. The van der Waals surface area contributed by atoms with Gasteiger partial charge < -0.3 is 36.4 Å². The number of carbonyl (C=O) groups excluding carboxylic acids is 2. The molecule has 0 spiro atoms. The number of rotatable bonds is 7. The van der Waals surface area contributed by atoms with Gasteiger partial charge in [-0.3, -0.25) is 9.59 Å². The van der Waals surface area contributed by atoms with Crippen molar-refractivity contribution in [2.45, 2.75) is 12.4 Å². The zero-order valence-electron chi connectivity index (χ0n) is 15.3. The summed E-state index contributed by atoms with van der Waals surface area (Å²) in [5, 5.41) is 27.3. The normalized spacial score (nSPS) is 15.7. The molecule has 0 saturated heterocycles. The number of benzene rings is 1. The van der Waals surface area contributed by atoms with Crippen molar-refractivity contribution in [1.29, 1.82) is 0 Å². The minimum Gasteiger partial charge on any atom is -0.534 e. The molecule has 0 aliphatic carbocycles. The third kappa shape index (κ3) is 4.67. The Balaban J connectivity index is 1.81. The van der Waals surface area contributed by atoms with Crippen LogP contribution in [0.25, 0.3) is 0 Å². The molecule has 1 aromatic heterocycles. The zero-order valence-corrected chi connectivity index (χ0v) is 16.1.